The molecule has 1 amide bonds. The molecule has 0 aliphatic heterocycles. The van der Waals surface area contributed by atoms with Gasteiger partial charge in [-0.15, -0.1) is 0 Å². The van der Waals surface area contributed by atoms with Gasteiger partial charge in [0.05, 0.1) is 6.54 Å². The van der Waals surface area contributed by atoms with Gasteiger partial charge in [0.1, 0.15) is 5.76 Å². The van der Waals surface area contributed by atoms with E-state index in [1.807, 2.05) is 24.3 Å². The molecule has 2 aliphatic rings. The predicted molar refractivity (Wildman–Crippen MR) is 107 cm³/mol. The van der Waals surface area contributed by atoms with Gasteiger partial charge in [0.2, 0.25) is 0 Å². The Labute approximate surface area is 165 Å². The number of carbonyl (C=O) groups excluding carboxylic acids is 1. The molecular weight excluding hydrogens is 360 g/mol. The van der Waals surface area contributed by atoms with Crippen LogP contribution in [0.1, 0.15) is 66.8 Å². The van der Waals surface area contributed by atoms with Crippen molar-refractivity contribution in [2.45, 2.75) is 70.1 Å². The van der Waals surface area contributed by atoms with Crippen molar-refractivity contribution < 1.29 is 9.21 Å². The largest absolute Gasteiger partial charge is 0.455 e. The van der Waals surface area contributed by atoms with Crippen LogP contribution in [-0.4, -0.2) is 22.9 Å². The Hall–Kier alpha value is -1.78. The van der Waals surface area contributed by atoms with Crippen molar-refractivity contribution in [3.05, 3.63) is 58.5 Å². The third-order valence-electron chi connectivity index (χ3n) is 5.58. The van der Waals surface area contributed by atoms with Gasteiger partial charge < -0.3 is 9.73 Å². The van der Waals surface area contributed by atoms with E-state index < -0.39 is 0 Å². The summed E-state index contributed by atoms with van der Waals surface area (Å²) in [5, 5.41) is 3.79. The Morgan fingerprint density at radius 2 is 1.81 bits per heavy atom. The molecular formula is C22H27ClN2O2. The predicted octanol–water partition coefficient (Wildman–Crippen LogP) is 5.16. The van der Waals surface area contributed by atoms with E-state index in [2.05, 4.69) is 16.3 Å². The number of rotatable bonds is 7. The van der Waals surface area contributed by atoms with Gasteiger partial charge in [-0.1, -0.05) is 49.1 Å². The summed E-state index contributed by atoms with van der Waals surface area (Å²) in [5.41, 5.74) is 1.14. The van der Waals surface area contributed by atoms with Crippen molar-refractivity contribution in [3.8, 4) is 0 Å². The molecule has 0 unspecified atom stereocenters. The number of hydrogen-bond acceptors (Lipinski definition) is 3. The molecule has 4 nitrogen and oxygen atoms in total. The maximum atomic E-state index is 12.2. The van der Waals surface area contributed by atoms with E-state index in [1.165, 1.54) is 32.1 Å². The van der Waals surface area contributed by atoms with Crippen LogP contribution in [-0.2, 0) is 13.1 Å². The normalized spacial score (nSPS) is 18.0. The van der Waals surface area contributed by atoms with Gasteiger partial charge in [-0.05, 0) is 49.4 Å². The van der Waals surface area contributed by atoms with Crippen LogP contribution in [0, 0.1) is 0 Å². The third kappa shape index (κ3) is 4.94. The maximum Gasteiger partial charge on any atom is 0.287 e. The monoisotopic (exact) mass is 386 g/mol. The van der Waals surface area contributed by atoms with Gasteiger partial charge in [0.25, 0.3) is 5.91 Å². The number of nitrogens with zero attached hydrogens (tertiary/aromatic N) is 1. The number of carbonyl (C=O) groups is 1. The summed E-state index contributed by atoms with van der Waals surface area (Å²) in [6.45, 7) is 1.50. The average molecular weight is 387 g/mol. The molecule has 5 heteroatoms. The van der Waals surface area contributed by atoms with Crippen molar-refractivity contribution in [3.63, 3.8) is 0 Å². The lowest BCUT2D eigenvalue weighted by atomic mass is 9.93. The summed E-state index contributed by atoms with van der Waals surface area (Å²) in [6, 6.07) is 12.6. The highest BCUT2D eigenvalue weighted by Gasteiger charge is 2.26. The Kier molecular flexibility index (Phi) is 5.84. The minimum atomic E-state index is -0.0981. The topological polar surface area (TPSA) is 45.5 Å². The second-order valence-electron chi connectivity index (χ2n) is 7.80. The minimum Gasteiger partial charge on any atom is -0.455 e. The quantitative estimate of drug-likeness (QED) is 0.714. The van der Waals surface area contributed by atoms with Crippen LogP contribution >= 0.6 is 11.6 Å². The van der Waals surface area contributed by atoms with E-state index in [1.54, 1.807) is 6.07 Å². The van der Waals surface area contributed by atoms with Gasteiger partial charge in [-0.2, -0.15) is 0 Å². The minimum absolute atomic E-state index is 0.0981. The van der Waals surface area contributed by atoms with Gasteiger partial charge in [0.15, 0.2) is 5.76 Å². The van der Waals surface area contributed by atoms with E-state index in [0.29, 0.717) is 24.4 Å². The summed E-state index contributed by atoms with van der Waals surface area (Å²) in [7, 11) is 0. The summed E-state index contributed by atoms with van der Waals surface area (Å²) in [6.07, 6.45) is 8.44. The first-order chi connectivity index (χ1) is 13.2. The van der Waals surface area contributed by atoms with Crippen LogP contribution in [0.4, 0.5) is 0 Å². The number of furan rings is 1. The Balaban J connectivity index is 1.47. The third-order valence-corrected chi connectivity index (χ3v) is 5.95. The average Bonchev–Trinajstić information content (AvgIpc) is 3.38. The molecule has 1 heterocycles. The standard InChI is InChI=1S/C22H27ClN2O2/c23-20-9-5-4-6-16(20)14-25(18-7-2-1-3-8-18)15-19-12-13-21(27-19)22(26)24-17-10-11-17/h4-6,9,12-13,17-18H,1-3,7-8,10-11,14-15H2,(H,24,26). The zero-order chi connectivity index (χ0) is 18.6. The fourth-order valence-corrected chi connectivity index (χ4v) is 4.07. The zero-order valence-electron chi connectivity index (χ0n) is 15.6. The van der Waals surface area contributed by atoms with Crippen LogP contribution in [0.5, 0.6) is 0 Å². The SMILES string of the molecule is O=C(NC1CC1)c1ccc(CN(Cc2ccccc2Cl)C2CCCCC2)o1. The highest BCUT2D eigenvalue weighted by molar-refractivity contribution is 6.31. The number of nitrogens with one attached hydrogen (secondary N) is 1. The molecule has 0 radical (unpaired) electrons. The van der Waals surface area contributed by atoms with Gasteiger partial charge in [-0.3, -0.25) is 9.69 Å². The van der Waals surface area contributed by atoms with Crippen LogP contribution in [0.3, 0.4) is 0 Å². The molecule has 1 aromatic heterocycles. The van der Waals surface area contributed by atoms with E-state index in [4.69, 9.17) is 16.0 Å². The van der Waals surface area contributed by atoms with Crippen LogP contribution in [0.2, 0.25) is 5.02 Å². The van der Waals surface area contributed by atoms with Crippen molar-refractivity contribution in [1.82, 2.24) is 10.2 Å². The molecule has 2 saturated carbocycles. The fraction of sp³-hybridized carbons (Fsp3) is 0.500. The second-order valence-corrected chi connectivity index (χ2v) is 8.21. The Bertz CT molecular complexity index is 778. The first kappa shape index (κ1) is 18.6. The Morgan fingerprint density at radius 1 is 1.04 bits per heavy atom. The van der Waals surface area contributed by atoms with Gasteiger partial charge in [0, 0.05) is 23.7 Å². The van der Waals surface area contributed by atoms with Crippen molar-refractivity contribution in [1.29, 1.82) is 0 Å². The highest BCUT2D eigenvalue weighted by atomic mass is 35.5. The first-order valence-corrected chi connectivity index (χ1v) is 10.4. The highest BCUT2D eigenvalue weighted by Crippen LogP contribution is 2.28. The number of hydrogen-bond donors (Lipinski definition) is 1. The summed E-state index contributed by atoms with van der Waals surface area (Å²) in [4.78, 5) is 14.7. The molecule has 0 saturated heterocycles. The van der Waals surface area contributed by atoms with Crippen molar-refractivity contribution in [2.24, 2.45) is 0 Å². The number of halogens is 1. The van der Waals surface area contributed by atoms with Crippen molar-refractivity contribution >= 4 is 17.5 Å². The van der Waals surface area contributed by atoms with Crippen LogP contribution < -0.4 is 5.32 Å². The van der Waals surface area contributed by atoms with E-state index in [0.717, 1.165) is 35.7 Å². The zero-order valence-corrected chi connectivity index (χ0v) is 16.4. The molecule has 0 spiro atoms. The summed E-state index contributed by atoms with van der Waals surface area (Å²) in [5.74, 6) is 1.16. The van der Waals surface area contributed by atoms with Gasteiger partial charge in [-0.25, -0.2) is 0 Å². The lowest BCUT2D eigenvalue weighted by Crippen LogP contribution is -2.35. The molecule has 144 valence electrons. The number of benzene rings is 1. The van der Waals surface area contributed by atoms with Crippen LogP contribution in [0.25, 0.3) is 0 Å². The van der Waals surface area contributed by atoms with E-state index in [9.17, 15) is 4.79 Å². The van der Waals surface area contributed by atoms with Crippen LogP contribution in [0.15, 0.2) is 40.8 Å². The molecule has 27 heavy (non-hydrogen) atoms. The lowest BCUT2D eigenvalue weighted by molar-refractivity contribution is 0.0913. The molecule has 1 N–H and O–H groups in total. The maximum absolute atomic E-state index is 12.2. The van der Waals surface area contributed by atoms with Gasteiger partial charge >= 0.3 is 0 Å². The molecule has 0 atom stereocenters. The molecule has 2 fully saturated rings. The summed E-state index contributed by atoms with van der Waals surface area (Å²) >= 11 is 6.41. The fourth-order valence-electron chi connectivity index (χ4n) is 3.87. The molecule has 4 rings (SSSR count). The lowest BCUT2D eigenvalue weighted by Gasteiger charge is -2.34. The van der Waals surface area contributed by atoms with E-state index in [-0.39, 0.29) is 5.91 Å². The number of amides is 1. The molecule has 2 aliphatic carbocycles. The molecule has 0 bridgehead atoms. The summed E-state index contributed by atoms with van der Waals surface area (Å²) < 4.78 is 5.88. The van der Waals surface area contributed by atoms with E-state index >= 15 is 0 Å². The Morgan fingerprint density at radius 3 is 2.56 bits per heavy atom. The molecule has 2 aromatic rings. The smallest absolute Gasteiger partial charge is 0.287 e. The second kappa shape index (κ2) is 8.49. The van der Waals surface area contributed by atoms with Crippen molar-refractivity contribution in [2.75, 3.05) is 0 Å². The molecule has 1 aromatic carbocycles. The first-order valence-electron chi connectivity index (χ1n) is 10.1.